The lowest BCUT2D eigenvalue weighted by Gasteiger charge is -2.20. The second-order valence-corrected chi connectivity index (χ2v) is 4.48. The van der Waals surface area contributed by atoms with Gasteiger partial charge in [0.05, 0.1) is 11.7 Å². The van der Waals surface area contributed by atoms with Gasteiger partial charge >= 0.3 is 0 Å². The quantitative estimate of drug-likeness (QED) is 0.865. The molecule has 3 nitrogen and oxygen atoms in total. The van der Waals surface area contributed by atoms with Gasteiger partial charge in [0.2, 0.25) is 0 Å². The maximum absolute atomic E-state index is 14.0. The zero-order valence-corrected chi connectivity index (χ0v) is 11.4. The lowest BCUT2D eigenvalue weighted by atomic mass is 10.0. The van der Waals surface area contributed by atoms with Crippen molar-refractivity contribution in [3.8, 4) is 0 Å². The molecule has 1 atom stereocenters. The smallest absolute Gasteiger partial charge is 0.128 e. The number of nitrogens with one attached hydrogen (secondary N) is 1. The third-order valence-electron chi connectivity index (χ3n) is 3.16. The first-order chi connectivity index (χ1) is 9.27. The van der Waals surface area contributed by atoms with Crippen LogP contribution in [-0.2, 0) is 6.54 Å². The number of aryl methyl sites for hydroxylation is 1. The van der Waals surface area contributed by atoms with E-state index in [1.165, 1.54) is 6.07 Å². The van der Waals surface area contributed by atoms with Gasteiger partial charge in [0, 0.05) is 18.3 Å². The normalized spacial score (nSPS) is 12.6. The molecule has 0 amide bonds. The number of hydrogen-bond acceptors (Lipinski definition) is 2. The summed E-state index contributed by atoms with van der Waals surface area (Å²) in [5.74, 6) is -0.181. The minimum atomic E-state index is -0.181. The Kier molecular flexibility index (Phi) is 4.68. The number of hydrogen-bond donors (Lipinski definition) is 1. The second kappa shape index (κ2) is 6.48. The molecule has 2 aromatic rings. The second-order valence-electron chi connectivity index (χ2n) is 4.48. The Balaban J connectivity index is 2.39. The van der Waals surface area contributed by atoms with Crippen molar-refractivity contribution in [2.24, 2.45) is 0 Å². The predicted octanol–water partition coefficient (Wildman–Crippen LogP) is 3.13. The third-order valence-corrected chi connectivity index (χ3v) is 3.16. The molecule has 19 heavy (non-hydrogen) atoms. The standard InChI is InChI=1S/C15H20FN3/c1-3-10-17-15(12-7-5-6-8-13(12)16)14-9-11-18-19(14)4-2/h5-9,11,15,17H,3-4,10H2,1-2H3. The summed E-state index contributed by atoms with van der Waals surface area (Å²) in [5, 5.41) is 7.68. The lowest BCUT2D eigenvalue weighted by molar-refractivity contribution is 0.505. The summed E-state index contributed by atoms with van der Waals surface area (Å²) in [4.78, 5) is 0. The van der Waals surface area contributed by atoms with E-state index >= 15 is 0 Å². The highest BCUT2D eigenvalue weighted by molar-refractivity contribution is 5.29. The number of nitrogens with zero attached hydrogens (tertiary/aromatic N) is 2. The molecule has 0 saturated heterocycles. The maximum Gasteiger partial charge on any atom is 0.128 e. The van der Waals surface area contributed by atoms with E-state index in [0.29, 0.717) is 5.56 Å². The van der Waals surface area contributed by atoms with Crippen LogP contribution >= 0.6 is 0 Å². The SMILES string of the molecule is CCCNC(c1ccccc1F)c1ccnn1CC. The molecule has 0 aliphatic carbocycles. The molecule has 0 spiro atoms. The van der Waals surface area contributed by atoms with E-state index < -0.39 is 0 Å². The molecular formula is C15H20FN3. The van der Waals surface area contributed by atoms with E-state index in [9.17, 15) is 4.39 Å². The van der Waals surface area contributed by atoms with Crippen LogP contribution in [0.5, 0.6) is 0 Å². The minimum absolute atomic E-state index is 0.149. The molecule has 0 fully saturated rings. The highest BCUT2D eigenvalue weighted by atomic mass is 19.1. The fourth-order valence-electron chi connectivity index (χ4n) is 2.22. The highest BCUT2D eigenvalue weighted by Gasteiger charge is 2.20. The van der Waals surface area contributed by atoms with E-state index in [2.05, 4.69) is 17.3 Å². The lowest BCUT2D eigenvalue weighted by Crippen LogP contribution is -2.26. The van der Waals surface area contributed by atoms with Crippen molar-refractivity contribution < 1.29 is 4.39 Å². The van der Waals surface area contributed by atoms with E-state index in [4.69, 9.17) is 0 Å². The topological polar surface area (TPSA) is 29.9 Å². The molecule has 0 bridgehead atoms. The van der Waals surface area contributed by atoms with Gasteiger partial charge in [-0.2, -0.15) is 5.10 Å². The molecule has 1 aromatic heterocycles. The van der Waals surface area contributed by atoms with Gasteiger partial charge in [0.15, 0.2) is 0 Å². The molecular weight excluding hydrogens is 241 g/mol. The van der Waals surface area contributed by atoms with Gasteiger partial charge in [-0.25, -0.2) is 4.39 Å². The first kappa shape index (κ1) is 13.7. The van der Waals surface area contributed by atoms with Crippen LogP contribution in [0.25, 0.3) is 0 Å². The molecule has 1 aromatic carbocycles. The molecule has 0 radical (unpaired) electrons. The Hall–Kier alpha value is -1.68. The van der Waals surface area contributed by atoms with Crippen molar-refractivity contribution in [1.29, 1.82) is 0 Å². The molecule has 1 heterocycles. The Morgan fingerprint density at radius 2 is 2.05 bits per heavy atom. The zero-order valence-electron chi connectivity index (χ0n) is 11.4. The van der Waals surface area contributed by atoms with Crippen molar-refractivity contribution in [3.05, 3.63) is 53.6 Å². The van der Waals surface area contributed by atoms with Crippen molar-refractivity contribution >= 4 is 0 Å². The van der Waals surface area contributed by atoms with Crippen LogP contribution in [0.4, 0.5) is 4.39 Å². The number of aromatic nitrogens is 2. The predicted molar refractivity (Wildman–Crippen MR) is 74.4 cm³/mol. The Morgan fingerprint density at radius 1 is 1.26 bits per heavy atom. The van der Waals surface area contributed by atoms with Crippen LogP contribution < -0.4 is 5.32 Å². The summed E-state index contributed by atoms with van der Waals surface area (Å²) < 4.78 is 15.9. The molecule has 1 N–H and O–H groups in total. The van der Waals surface area contributed by atoms with Gasteiger partial charge in [0.1, 0.15) is 5.82 Å². The van der Waals surface area contributed by atoms with E-state index in [0.717, 1.165) is 25.2 Å². The largest absolute Gasteiger partial charge is 0.305 e. The summed E-state index contributed by atoms with van der Waals surface area (Å²) in [6, 6.07) is 8.71. The van der Waals surface area contributed by atoms with E-state index in [1.54, 1.807) is 12.3 Å². The molecule has 0 aliphatic rings. The van der Waals surface area contributed by atoms with Crippen LogP contribution in [0.3, 0.4) is 0 Å². The molecule has 2 rings (SSSR count). The first-order valence-corrected chi connectivity index (χ1v) is 6.77. The van der Waals surface area contributed by atoms with Crippen molar-refractivity contribution in [2.45, 2.75) is 32.9 Å². The van der Waals surface area contributed by atoms with Gasteiger partial charge in [0.25, 0.3) is 0 Å². The Bertz CT molecular complexity index is 522. The van der Waals surface area contributed by atoms with Crippen molar-refractivity contribution in [3.63, 3.8) is 0 Å². The third kappa shape index (κ3) is 3.01. The average Bonchev–Trinajstić information content (AvgIpc) is 2.89. The zero-order chi connectivity index (χ0) is 13.7. The fourth-order valence-corrected chi connectivity index (χ4v) is 2.22. The van der Waals surface area contributed by atoms with Crippen molar-refractivity contribution in [1.82, 2.24) is 15.1 Å². The van der Waals surface area contributed by atoms with E-state index in [1.807, 2.05) is 29.8 Å². The minimum Gasteiger partial charge on any atom is -0.305 e. The summed E-state index contributed by atoms with van der Waals surface area (Å²) in [6.45, 7) is 5.76. The monoisotopic (exact) mass is 261 g/mol. The summed E-state index contributed by atoms with van der Waals surface area (Å²) in [7, 11) is 0. The van der Waals surface area contributed by atoms with Gasteiger partial charge in [-0.15, -0.1) is 0 Å². The van der Waals surface area contributed by atoms with Crippen LogP contribution in [-0.4, -0.2) is 16.3 Å². The Morgan fingerprint density at radius 3 is 2.74 bits per heavy atom. The molecule has 4 heteroatoms. The summed E-state index contributed by atoms with van der Waals surface area (Å²) >= 11 is 0. The van der Waals surface area contributed by atoms with Crippen LogP contribution in [0.1, 0.15) is 37.6 Å². The molecule has 0 saturated carbocycles. The van der Waals surface area contributed by atoms with Gasteiger partial charge in [-0.3, -0.25) is 4.68 Å². The number of halogens is 1. The maximum atomic E-state index is 14.0. The van der Waals surface area contributed by atoms with Gasteiger partial charge in [-0.1, -0.05) is 25.1 Å². The highest BCUT2D eigenvalue weighted by Crippen LogP contribution is 2.24. The average molecular weight is 261 g/mol. The number of rotatable bonds is 6. The molecule has 1 unspecified atom stereocenters. The van der Waals surface area contributed by atoms with E-state index in [-0.39, 0.29) is 11.9 Å². The van der Waals surface area contributed by atoms with Crippen LogP contribution in [0, 0.1) is 5.82 Å². The Labute approximate surface area is 113 Å². The molecule has 102 valence electrons. The van der Waals surface area contributed by atoms with Crippen molar-refractivity contribution in [2.75, 3.05) is 6.54 Å². The van der Waals surface area contributed by atoms with Crippen LogP contribution in [0.15, 0.2) is 36.5 Å². The van der Waals surface area contributed by atoms with Gasteiger partial charge in [-0.05, 0) is 32.0 Å². The fraction of sp³-hybridized carbons (Fsp3) is 0.400. The summed E-state index contributed by atoms with van der Waals surface area (Å²) in [5.41, 5.74) is 1.67. The van der Waals surface area contributed by atoms with Crippen LogP contribution in [0.2, 0.25) is 0 Å². The summed E-state index contributed by atoms with van der Waals surface area (Å²) in [6.07, 6.45) is 2.77. The first-order valence-electron chi connectivity index (χ1n) is 6.77. The number of benzene rings is 1. The van der Waals surface area contributed by atoms with Gasteiger partial charge < -0.3 is 5.32 Å². The molecule has 0 aliphatic heterocycles.